The van der Waals surface area contributed by atoms with E-state index < -0.39 is 33.9 Å². The average molecular weight is 301 g/mol. The number of amides is 1. The van der Waals surface area contributed by atoms with Crippen LogP contribution in [0.5, 0.6) is 0 Å². The van der Waals surface area contributed by atoms with E-state index >= 15 is 0 Å². The predicted octanol–water partition coefficient (Wildman–Crippen LogP) is 0.346. The molecule has 0 spiro atoms. The Hall–Kier alpha value is -2.75. The fourth-order valence-corrected chi connectivity index (χ4v) is 1.45. The van der Waals surface area contributed by atoms with Crippen LogP contribution < -0.4 is 11.1 Å². The number of anilines is 1. The van der Waals surface area contributed by atoms with Gasteiger partial charge < -0.3 is 20.9 Å². The van der Waals surface area contributed by atoms with Crippen LogP contribution in [0.4, 0.5) is 15.8 Å². The molecule has 0 saturated carbocycles. The number of carbonyl (C=O) groups is 2. The van der Waals surface area contributed by atoms with Crippen molar-refractivity contribution in [2.24, 2.45) is 5.73 Å². The Kier molecular flexibility index (Phi) is 5.55. The van der Waals surface area contributed by atoms with Crippen LogP contribution in [0.2, 0.25) is 0 Å². The van der Waals surface area contributed by atoms with Crippen molar-refractivity contribution in [3.8, 4) is 0 Å². The van der Waals surface area contributed by atoms with Gasteiger partial charge in [0.25, 0.3) is 5.69 Å². The molecule has 0 heterocycles. The fourth-order valence-electron chi connectivity index (χ4n) is 1.45. The molecule has 0 unspecified atom stereocenters. The number of hydrogen-bond acceptors (Lipinski definition) is 6. The molecule has 9 nitrogen and oxygen atoms in total. The summed E-state index contributed by atoms with van der Waals surface area (Å²) in [5.74, 6) is -3.42. The topological polar surface area (TPSA) is 145 Å². The van der Waals surface area contributed by atoms with Crippen LogP contribution in [0.1, 0.15) is 10.4 Å². The van der Waals surface area contributed by atoms with Crippen molar-refractivity contribution < 1.29 is 28.7 Å². The van der Waals surface area contributed by atoms with Crippen molar-refractivity contribution in [3.05, 3.63) is 33.6 Å². The monoisotopic (exact) mass is 301 g/mol. The number of ether oxygens (including phenoxy) is 1. The normalized spacial score (nSPS) is 10.1. The first-order valence-corrected chi connectivity index (χ1v) is 5.64. The number of carboxylic acids is 1. The van der Waals surface area contributed by atoms with Crippen molar-refractivity contribution in [2.45, 2.75) is 0 Å². The number of aromatic carboxylic acids is 1. The van der Waals surface area contributed by atoms with Crippen molar-refractivity contribution in [1.82, 2.24) is 0 Å². The molecule has 0 bridgehead atoms. The molecule has 1 rings (SSSR count). The minimum Gasteiger partial charge on any atom is -0.478 e. The Morgan fingerprint density at radius 2 is 2.14 bits per heavy atom. The van der Waals surface area contributed by atoms with Crippen LogP contribution in [0.25, 0.3) is 0 Å². The molecule has 0 aliphatic rings. The van der Waals surface area contributed by atoms with Gasteiger partial charge in [0.2, 0.25) is 5.91 Å². The van der Waals surface area contributed by atoms with E-state index in [4.69, 9.17) is 15.6 Å². The van der Waals surface area contributed by atoms with E-state index in [0.717, 1.165) is 6.07 Å². The minimum absolute atomic E-state index is 0.000124. The zero-order valence-electron chi connectivity index (χ0n) is 10.7. The average Bonchev–Trinajstić information content (AvgIpc) is 2.38. The molecule has 4 N–H and O–H groups in total. The van der Waals surface area contributed by atoms with Crippen LogP contribution in [0.3, 0.4) is 0 Å². The minimum atomic E-state index is -1.55. The quantitative estimate of drug-likeness (QED) is 0.356. The van der Waals surface area contributed by atoms with E-state index in [0.29, 0.717) is 6.07 Å². The Balaban J connectivity index is 2.83. The predicted molar refractivity (Wildman–Crippen MR) is 68.5 cm³/mol. The standard InChI is InChI=1S/C11H12FN3O6/c12-7-4-9(15(19)20)8(3-6(7)11(17)18)14-1-2-21-5-10(13)16/h3-4,14H,1-2,5H2,(H2,13,16)(H,17,18). The van der Waals surface area contributed by atoms with E-state index in [1.54, 1.807) is 0 Å². The van der Waals surface area contributed by atoms with Crippen LogP contribution in [0.15, 0.2) is 12.1 Å². The largest absolute Gasteiger partial charge is 0.478 e. The molecular formula is C11H12FN3O6. The number of carboxylic acid groups (broad SMARTS) is 1. The van der Waals surface area contributed by atoms with Gasteiger partial charge in [-0.3, -0.25) is 14.9 Å². The zero-order valence-corrected chi connectivity index (χ0v) is 10.7. The second-order valence-electron chi connectivity index (χ2n) is 3.86. The summed E-state index contributed by atoms with van der Waals surface area (Å²) >= 11 is 0. The molecule has 0 radical (unpaired) electrons. The van der Waals surface area contributed by atoms with Gasteiger partial charge in [-0.15, -0.1) is 0 Å². The number of nitro groups is 1. The first-order valence-electron chi connectivity index (χ1n) is 5.64. The molecule has 21 heavy (non-hydrogen) atoms. The summed E-state index contributed by atoms with van der Waals surface area (Å²) in [7, 11) is 0. The van der Waals surface area contributed by atoms with E-state index in [9.17, 15) is 24.1 Å². The van der Waals surface area contributed by atoms with Crippen molar-refractivity contribution in [3.63, 3.8) is 0 Å². The van der Waals surface area contributed by atoms with Crippen LogP contribution in [-0.4, -0.2) is 41.7 Å². The number of halogens is 1. The maximum Gasteiger partial charge on any atom is 0.338 e. The van der Waals surface area contributed by atoms with Gasteiger partial charge >= 0.3 is 5.97 Å². The molecule has 1 amide bonds. The highest BCUT2D eigenvalue weighted by molar-refractivity contribution is 5.90. The van der Waals surface area contributed by atoms with Gasteiger partial charge in [0.15, 0.2) is 0 Å². The number of primary amides is 1. The van der Waals surface area contributed by atoms with Crippen molar-refractivity contribution in [2.75, 3.05) is 25.1 Å². The first-order chi connectivity index (χ1) is 9.82. The number of nitro benzene ring substituents is 1. The zero-order chi connectivity index (χ0) is 16.0. The maximum absolute atomic E-state index is 13.4. The summed E-state index contributed by atoms with van der Waals surface area (Å²) in [6, 6.07) is 1.35. The Bertz CT molecular complexity index is 577. The van der Waals surface area contributed by atoms with Crippen LogP contribution in [-0.2, 0) is 9.53 Å². The van der Waals surface area contributed by atoms with Gasteiger partial charge in [-0.25, -0.2) is 9.18 Å². The maximum atomic E-state index is 13.4. The van der Waals surface area contributed by atoms with E-state index in [2.05, 4.69) is 5.32 Å². The van der Waals surface area contributed by atoms with Gasteiger partial charge in [0, 0.05) is 6.54 Å². The van der Waals surface area contributed by atoms with Crippen molar-refractivity contribution in [1.29, 1.82) is 0 Å². The molecule has 1 aromatic carbocycles. The van der Waals surface area contributed by atoms with Crippen molar-refractivity contribution >= 4 is 23.3 Å². The highest BCUT2D eigenvalue weighted by Crippen LogP contribution is 2.27. The lowest BCUT2D eigenvalue weighted by atomic mass is 10.1. The molecule has 0 aliphatic heterocycles. The molecule has 10 heteroatoms. The molecule has 0 aliphatic carbocycles. The Morgan fingerprint density at radius 1 is 1.48 bits per heavy atom. The Morgan fingerprint density at radius 3 is 2.67 bits per heavy atom. The molecule has 114 valence electrons. The smallest absolute Gasteiger partial charge is 0.338 e. The lowest BCUT2D eigenvalue weighted by molar-refractivity contribution is -0.384. The third-order valence-electron chi connectivity index (χ3n) is 2.32. The number of nitrogens with zero attached hydrogens (tertiary/aromatic N) is 1. The first kappa shape index (κ1) is 16.3. The third-order valence-corrected chi connectivity index (χ3v) is 2.32. The number of nitrogens with two attached hydrogens (primary N) is 1. The van der Waals surface area contributed by atoms with Crippen LogP contribution in [0, 0.1) is 15.9 Å². The van der Waals surface area contributed by atoms with Gasteiger partial charge in [0.1, 0.15) is 18.1 Å². The summed E-state index contributed by atoms with van der Waals surface area (Å²) in [5.41, 5.74) is 3.38. The molecule has 0 saturated heterocycles. The van der Waals surface area contributed by atoms with Crippen LogP contribution >= 0.6 is 0 Å². The summed E-state index contributed by atoms with van der Waals surface area (Å²) < 4.78 is 18.2. The highest BCUT2D eigenvalue weighted by atomic mass is 19.1. The number of benzene rings is 1. The van der Waals surface area contributed by atoms with Gasteiger partial charge in [-0.05, 0) is 6.07 Å². The van der Waals surface area contributed by atoms with E-state index in [-0.39, 0.29) is 25.4 Å². The molecular weight excluding hydrogens is 289 g/mol. The summed E-state index contributed by atoms with van der Waals surface area (Å²) in [4.78, 5) is 31.2. The number of hydrogen-bond donors (Lipinski definition) is 3. The number of nitrogens with one attached hydrogen (secondary N) is 1. The number of rotatable bonds is 8. The molecule has 0 atom stereocenters. The fraction of sp³-hybridized carbons (Fsp3) is 0.273. The SMILES string of the molecule is NC(=O)COCCNc1cc(C(=O)O)c(F)cc1[N+](=O)[O-]. The summed E-state index contributed by atoms with van der Waals surface area (Å²) in [5, 5.41) is 22.1. The van der Waals surface area contributed by atoms with E-state index in [1.165, 1.54) is 0 Å². The second kappa shape index (κ2) is 7.14. The molecule has 0 fully saturated rings. The lowest BCUT2D eigenvalue weighted by Gasteiger charge is -2.08. The lowest BCUT2D eigenvalue weighted by Crippen LogP contribution is -2.20. The van der Waals surface area contributed by atoms with Gasteiger partial charge in [0.05, 0.1) is 23.2 Å². The highest BCUT2D eigenvalue weighted by Gasteiger charge is 2.21. The number of carbonyl (C=O) groups excluding carboxylic acids is 1. The second-order valence-corrected chi connectivity index (χ2v) is 3.86. The third kappa shape index (κ3) is 4.69. The summed E-state index contributed by atoms with van der Waals surface area (Å²) in [6.07, 6.45) is 0. The van der Waals surface area contributed by atoms with Gasteiger partial charge in [-0.2, -0.15) is 0 Å². The Labute approximate surface area is 117 Å². The molecule has 1 aromatic rings. The van der Waals surface area contributed by atoms with Gasteiger partial charge in [-0.1, -0.05) is 0 Å². The summed E-state index contributed by atoms with van der Waals surface area (Å²) in [6.45, 7) is -0.272. The van der Waals surface area contributed by atoms with E-state index in [1.807, 2.05) is 0 Å². The molecule has 0 aromatic heterocycles.